The largest absolute Gasteiger partial charge is 0.506 e. The van der Waals surface area contributed by atoms with Gasteiger partial charge in [-0.15, -0.1) is 0 Å². The Morgan fingerprint density at radius 3 is 2.33 bits per heavy atom. The van der Waals surface area contributed by atoms with E-state index < -0.39 is 0 Å². The van der Waals surface area contributed by atoms with Crippen molar-refractivity contribution < 1.29 is 5.11 Å². The van der Waals surface area contributed by atoms with Crippen molar-refractivity contribution in [3.05, 3.63) is 53.6 Å². The molecule has 2 aromatic carbocycles. The second kappa shape index (κ2) is 5.71. The van der Waals surface area contributed by atoms with Crippen LogP contribution < -0.4 is 10.6 Å². The number of benzene rings is 2. The van der Waals surface area contributed by atoms with E-state index in [9.17, 15) is 5.11 Å². The van der Waals surface area contributed by atoms with E-state index >= 15 is 0 Å². The highest BCUT2D eigenvalue weighted by Crippen LogP contribution is 2.26. The molecule has 5 heteroatoms. The molecule has 92 valence electrons. The number of phenols is 1. The van der Waals surface area contributed by atoms with Crippen LogP contribution in [0.3, 0.4) is 0 Å². The van der Waals surface area contributed by atoms with Gasteiger partial charge in [-0.1, -0.05) is 29.8 Å². The molecule has 0 aromatic heterocycles. The van der Waals surface area contributed by atoms with Gasteiger partial charge in [0.1, 0.15) is 5.75 Å². The summed E-state index contributed by atoms with van der Waals surface area (Å²) >= 11 is 11.0. The van der Waals surface area contributed by atoms with Crippen molar-refractivity contribution in [1.29, 1.82) is 0 Å². The highest BCUT2D eigenvalue weighted by atomic mass is 35.5. The van der Waals surface area contributed by atoms with Crippen LogP contribution in [0.1, 0.15) is 0 Å². The van der Waals surface area contributed by atoms with E-state index in [4.69, 9.17) is 23.8 Å². The predicted molar refractivity (Wildman–Crippen MR) is 79.4 cm³/mol. The molecule has 3 N–H and O–H groups in total. The number of hydrogen-bond acceptors (Lipinski definition) is 2. The molecular weight excluding hydrogens is 268 g/mol. The van der Waals surface area contributed by atoms with Crippen LogP contribution in [-0.2, 0) is 0 Å². The van der Waals surface area contributed by atoms with Crippen LogP contribution in [0.25, 0.3) is 0 Å². The molecular formula is C13H11ClN2OS. The molecule has 0 atom stereocenters. The van der Waals surface area contributed by atoms with Gasteiger partial charge in [0.2, 0.25) is 0 Å². The molecule has 0 heterocycles. The van der Waals surface area contributed by atoms with Crippen LogP contribution in [0.5, 0.6) is 5.75 Å². The average molecular weight is 279 g/mol. The predicted octanol–water partition coefficient (Wildman–Crippen LogP) is 3.85. The van der Waals surface area contributed by atoms with E-state index in [1.807, 2.05) is 30.3 Å². The standard InChI is InChI=1S/C13H11ClN2OS/c14-11-8-10(6-7-12(11)17)16-13(18)15-9-4-2-1-3-5-9/h1-8,17H,(H2,15,16,18). The van der Waals surface area contributed by atoms with Crippen molar-refractivity contribution in [2.45, 2.75) is 0 Å². The monoisotopic (exact) mass is 278 g/mol. The maximum atomic E-state index is 9.30. The Morgan fingerprint density at radius 2 is 1.67 bits per heavy atom. The molecule has 0 saturated carbocycles. The summed E-state index contributed by atoms with van der Waals surface area (Å²) in [5.74, 6) is 0.0455. The number of anilines is 2. The molecule has 18 heavy (non-hydrogen) atoms. The van der Waals surface area contributed by atoms with Crippen molar-refractivity contribution in [1.82, 2.24) is 0 Å². The van der Waals surface area contributed by atoms with Crippen LogP contribution in [0, 0.1) is 0 Å². The summed E-state index contributed by atoms with van der Waals surface area (Å²) in [6, 6.07) is 14.4. The van der Waals surface area contributed by atoms with Gasteiger partial charge in [-0.05, 0) is 42.5 Å². The Labute approximate surface area is 115 Å². The first kappa shape index (κ1) is 12.7. The Bertz CT molecular complexity index is 560. The molecule has 0 fully saturated rings. The maximum Gasteiger partial charge on any atom is 0.175 e. The van der Waals surface area contributed by atoms with Gasteiger partial charge in [-0.25, -0.2) is 0 Å². The first-order valence-corrected chi connectivity index (χ1v) is 6.05. The fourth-order valence-corrected chi connectivity index (χ4v) is 1.82. The molecule has 0 aliphatic carbocycles. The van der Waals surface area contributed by atoms with E-state index in [2.05, 4.69) is 10.6 Å². The second-order valence-electron chi connectivity index (χ2n) is 3.61. The second-order valence-corrected chi connectivity index (χ2v) is 4.43. The van der Waals surface area contributed by atoms with Crippen molar-refractivity contribution in [3.63, 3.8) is 0 Å². The number of thiocarbonyl (C=S) groups is 1. The van der Waals surface area contributed by atoms with Crippen molar-refractivity contribution in [2.24, 2.45) is 0 Å². The number of halogens is 1. The van der Waals surface area contributed by atoms with Crippen molar-refractivity contribution in [2.75, 3.05) is 10.6 Å². The lowest BCUT2D eigenvalue weighted by molar-refractivity contribution is 0.475. The summed E-state index contributed by atoms with van der Waals surface area (Å²) in [4.78, 5) is 0. The molecule has 0 spiro atoms. The van der Waals surface area contributed by atoms with Crippen molar-refractivity contribution >= 4 is 40.3 Å². The van der Waals surface area contributed by atoms with E-state index in [1.54, 1.807) is 12.1 Å². The van der Waals surface area contributed by atoms with Crippen molar-refractivity contribution in [3.8, 4) is 5.75 Å². The van der Waals surface area contributed by atoms with Gasteiger partial charge in [0, 0.05) is 11.4 Å². The molecule has 0 radical (unpaired) electrons. The number of aromatic hydroxyl groups is 1. The van der Waals surface area contributed by atoms with Crippen LogP contribution in [0.4, 0.5) is 11.4 Å². The van der Waals surface area contributed by atoms with E-state index in [1.165, 1.54) is 6.07 Å². The number of hydrogen-bond donors (Lipinski definition) is 3. The lowest BCUT2D eigenvalue weighted by Crippen LogP contribution is -2.18. The Kier molecular flexibility index (Phi) is 4.02. The summed E-state index contributed by atoms with van der Waals surface area (Å²) < 4.78 is 0. The normalized spacial score (nSPS) is 9.83. The molecule has 0 bridgehead atoms. The Balaban J connectivity index is 2.01. The summed E-state index contributed by atoms with van der Waals surface area (Å²) in [7, 11) is 0. The minimum atomic E-state index is 0.0455. The third-order valence-electron chi connectivity index (χ3n) is 2.24. The number of phenolic OH excluding ortho intramolecular Hbond substituents is 1. The molecule has 0 amide bonds. The van der Waals surface area contributed by atoms with Gasteiger partial charge >= 0.3 is 0 Å². The summed E-state index contributed by atoms with van der Waals surface area (Å²) in [6.07, 6.45) is 0. The topological polar surface area (TPSA) is 44.3 Å². The molecule has 2 rings (SSSR count). The summed E-state index contributed by atoms with van der Waals surface area (Å²) in [5, 5.41) is 16.1. The first-order chi connectivity index (χ1) is 8.65. The number of nitrogens with one attached hydrogen (secondary N) is 2. The van der Waals surface area contributed by atoms with Crippen LogP contribution >= 0.6 is 23.8 Å². The van der Waals surface area contributed by atoms with E-state index in [0.29, 0.717) is 10.8 Å². The van der Waals surface area contributed by atoms with E-state index in [0.717, 1.165) is 5.69 Å². The fraction of sp³-hybridized carbons (Fsp3) is 0. The minimum absolute atomic E-state index is 0.0455. The highest BCUT2D eigenvalue weighted by Gasteiger charge is 2.02. The third kappa shape index (κ3) is 3.35. The molecule has 3 nitrogen and oxygen atoms in total. The molecule has 0 unspecified atom stereocenters. The lowest BCUT2D eigenvalue weighted by Gasteiger charge is -2.10. The fourth-order valence-electron chi connectivity index (χ4n) is 1.40. The lowest BCUT2D eigenvalue weighted by atomic mass is 10.3. The molecule has 0 aliphatic heterocycles. The zero-order chi connectivity index (χ0) is 13.0. The Morgan fingerprint density at radius 1 is 1.00 bits per heavy atom. The highest BCUT2D eigenvalue weighted by molar-refractivity contribution is 7.80. The maximum absolute atomic E-state index is 9.30. The average Bonchev–Trinajstić information content (AvgIpc) is 2.35. The summed E-state index contributed by atoms with van der Waals surface area (Å²) in [6.45, 7) is 0. The zero-order valence-electron chi connectivity index (χ0n) is 9.35. The zero-order valence-corrected chi connectivity index (χ0v) is 10.9. The molecule has 2 aromatic rings. The number of para-hydroxylation sites is 1. The van der Waals surface area contributed by atoms with Crippen LogP contribution in [-0.4, -0.2) is 10.2 Å². The van der Waals surface area contributed by atoms with Gasteiger partial charge in [-0.2, -0.15) is 0 Å². The van der Waals surface area contributed by atoms with Gasteiger partial charge < -0.3 is 15.7 Å². The third-order valence-corrected chi connectivity index (χ3v) is 2.74. The summed E-state index contributed by atoms with van der Waals surface area (Å²) in [5.41, 5.74) is 1.62. The molecule has 0 saturated heterocycles. The quantitative estimate of drug-likeness (QED) is 0.577. The SMILES string of the molecule is Oc1ccc(NC(=S)Nc2ccccc2)cc1Cl. The van der Waals surface area contributed by atoms with Crippen LogP contribution in [0.2, 0.25) is 5.02 Å². The molecule has 0 aliphatic rings. The first-order valence-electron chi connectivity index (χ1n) is 5.27. The van der Waals surface area contributed by atoms with Gasteiger partial charge in [-0.3, -0.25) is 0 Å². The van der Waals surface area contributed by atoms with E-state index in [-0.39, 0.29) is 10.8 Å². The van der Waals surface area contributed by atoms with Gasteiger partial charge in [0.05, 0.1) is 5.02 Å². The van der Waals surface area contributed by atoms with Gasteiger partial charge in [0.15, 0.2) is 5.11 Å². The van der Waals surface area contributed by atoms with Gasteiger partial charge in [0.25, 0.3) is 0 Å². The Hall–Kier alpha value is -1.78. The smallest absolute Gasteiger partial charge is 0.175 e. The van der Waals surface area contributed by atoms with Crippen LogP contribution in [0.15, 0.2) is 48.5 Å². The number of rotatable bonds is 2. The minimum Gasteiger partial charge on any atom is -0.506 e.